The minimum Gasteiger partial charge on any atom is -0.507 e. The molecule has 18 rings (SSSR count). The lowest BCUT2D eigenvalue weighted by Crippen LogP contribution is -2.51. The van der Waals surface area contributed by atoms with E-state index < -0.39 is 54.4 Å². The van der Waals surface area contributed by atoms with Crippen molar-refractivity contribution in [2.45, 2.75) is 96.5 Å². The van der Waals surface area contributed by atoms with Crippen molar-refractivity contribution in [2.24, 2.45) is 11.8 Å². The van der Waals surface area contributed by atoms with Crippen LogP contribution >= 0.6 is 140 Å². The van der Waals surface area contributed by atoms with Crippen molar-refractivity contribution in [3.05, 3.63) is 232 Å². The Balaban J connectivity index is 0.000000206. The zero-order valence-corrected chi connectivity index (χ0v) is 77.3. The van der Waals surface area contributed by atoms with E-state index in [0.29, 0.717) is 84.6 Å². The number of hydrogen-bond acceptors (Lipinski definition) is 16. The van der Waals surface area contributed by atoms with E-state index in [9.17, 15) is 33.1 Å². The molecule has 14 aromatic rings. The number of thiazole rings is 2. The van der Waals surface area contributed by atoms with Gasteiger partial charge < -0.3 is 59.8 Å². The number of H-pyrrole nitrogens is 2. The van der Waals surface area contributed by atoms with Crippen molar-refractivity contribution in [1.29, 1.82) is 0 Å². The number of likely N-dealkylation sites (tertiary alicyclic amines) is 1. The maximum atomic E-state index is 16.9. The molecule has 6 aromatic heterocycles. The normalized spacial score (nSPS) is 16.0. The molecule has 4 amide bonds. The first-order chi connectivity index (χ1) is 55.8. The van der Waals surface area contributed by atoms with Crippen molar-refractivity contribution in [1.82, 2.24) is 59.5 Å². The third-order valence-corrected chi connectivity index (χ3v) is 25.3. The molecule has 1 fully saturated rings. The number of aromatic hydroxyl groups is 1. The fourth-order valence-corrected chi connectivity index (χ4v) is 19.0. The molecular formula is C85H82Br4F3N13O9S6. The standard InChI is InChI=1S/C49H53FN10O7S.C22H11Br2FN2OS.C14H10Br2FNO.4H2S/c1-24(2)40(56-48(63)65-7)45(61)58(6)26(5)42-51-23-33(53-42)28-19-30(50)39-36-20-29-18-27(15-16-34(29)60(36)47(67-37(39)21-28)44-55-31-12-9-10-14-38(31)68-44)32-22-52-43(54-32)35-13-11-17-59(35)46(62)41(25(3)4)57-49(64)66-8;23-12-5-6-16-11(7-12)8-17-20-14(25)9-13(24)10-18(20)28-22(27(16)17)21-26-15-3-1-2-4-19(15)29-21;15-8-1-2-11-7(3-8)4-12(18-11)14-10(17)5-9(16)6-13(14)19;;;;/h9-10,12,14-16,18-26,35,40-41,47H,11,13,17H2,1-8H3,(H,51,53)(H,52,54)(H,56,63)(H,57,64);1-10,22H;1-3,5-6,12,18-19H,4H2;4*1H2/t26-,35-,40-,41-,47?;;;;;;/m0....../s1. The van der Waals surface area contributed by atoms with Gasteiger partial charge in [0.2, 0.25) is 24.3 Å². The summed E-state index contributed by atoms with van der Waals surface area (Å²) in [5, 5.41) is 21.9. The lowest BCUT2D eigenvalue weighted by atomic mass is 10.0. The second-order valence-electron chi connectivity index (χ2n) is 29.3. The summed E-state index contributed by atoms with van der Waals surface area (Å²) in [6.45, 7) is 9.77. The topological polar surface area (TPSA) is 261 Å². The number of methoxy groups -OCH3 is 2. The number of hydrogen-bond donors (Lipinski definition) is 6. The molecule has 0 radical (unpaired) electrons. The van der Waals surface area contributed by atoms with Gasteiger partial charge in [-0.2, -0.15) is 54.0 Å². The van der Waals surface area contributed by atoms with Crippen LogP contribution < -0.4 is 25.4 Å². The molecule has 626 valence electrons. The number of phenols is 1. The van der Waals surface area contributed by atoms with Gasteiger partial charge in [0.05, 0.1) is 116 Å². The van der Waals surface area contributed by atoms with E-state index in [2.05, 4.69) is 101 Å². The van der Waals surface area contributed by atoms with Crippen LogP contribution in [-0.4, -0.2) is 118 Å². The SMILES string of the molecule is COC(=O)N[C@H](C(=O)N(C)[C@@H](C)c1ncc(-c2cc(F)c3c(c2)OC(c2nc4ccccc4s2)n2c-3cc3cc(-c4cnc([C@@H]5CCCN5C(=O)[C@@H](NC(=O)OC)C(C)C)[nH]4)ccc32)[nH]1)C(C)C.Fc1cc(Br)cc2c1-c1cc3cc(Br)ccc3n1C(c1nc3ccccc3s1)O2.Oc1cc(Br)cc(F)c1C1Cc2cc(Br)ccc2N1.S.S.S.S. The molecule has 8 aromatic carbocycles. The maximum absolute atomic E-state index is 16.9. The number of nitrogens with zero attached hydrogens (tertiary/aromatic N) is 8. The summed E-state index contributed by atoms with van der Waals surface area (Å²) in [4.78, 5) is 80.7. The first-order valence-corrected chi connectivity index (χ1v) is 42.0. The van der Waals surface area contributed by atoms with Gasteiger partial charge in [-0.15, -0.1) is 22.7 Å². The summed E-state index contributed by atoms with van der Waals surface area (Å²) >= 11 is 16.6. The van der Waals surface area contributed by atoms with Crippen LogP contribution in [0.2, 0.25) is 0 Å². The Morgan fingerprint density at radius 3 is 1.76 bits per heavy atom. The fourth-order valence-electron chi connectivity index (χ4n) is 15.4. The summed E-state index contributed by atoms with van der Waals surface area (Å²) in [5.41, 5.74) is 10.7. The number of imidazole rings is 2. The number of benzene rings is 8. The van der Waals surface area contributed by atoms with E-state index in [1.54, 1.807) is 41.7 Å². The van der Waals surface area contributed by atoms with E-state index in [4.69, 9.17) is 33.9 Å². The number of para-hydroxylation sites is 2. The van der Waals surface area contributed by atoms with Gasteiger partial charge in [0, 0.05) is 59.1 Å². The number of anilines is 1. The number of aromatic amines is 2. The van der Waals surface area contributed by atoms with Gasteiger partial charge in [-0.1, -0.05) is 122 Å². The molecule has 22 nitrogen and oxygen atoms in total. The van der Waals surface area contributed by atoms with Gasteiger partial charge in [-0.25, -0.2) is 42.7 Å². The predicted octanol–water partition coefficient (Wildman–Crippen LogP) is 21.5. The van der Waals surface area contributed by atoms with Gasteiger partial charge in [0.15, 0.2) is 10.0 Å². The van der Waals surface area contributed by atoms with E-state index in [1.165, 1.54) is 54.7 Å². The molecule has 3 unspecified atom stereocenters. The largest absolute Gasteiger partial charge is 0.507 e. The highest BCUT2D eigenvalue weighted by atomic mass is 79.9. The summed E-state index contributed by atoms with van der Waals surface area (Å²) in [5.74, 6) is -0.215. The number of rotatable bonds is 14. The molecule has 120 heavy (non-hydrogen) atoms. The quantitative estimate of drug-likeness (QED) is 0.0592. The number of fused-ring (bicyclic) bond motifs is 13. The number of carbonyl (C=O) groups excluding carboxylic acids is 4. The van der Waals surface area contributed by atoms with E-state index >= 15 is 4.39 Å². The van der Waals surface area contributed by atoms with Gasteiger partial charge in [0.1, 0.15) is 58.4 Å². The molecule has 0 bridgehead atoms. The highest BCUT2D eigenvalue weighted by molar-refractivity contribution is 9.11. The lowest BCUT2D eigenvalue weighted by molar-refractivity contribution is -0.136. The van der Waals surface area contributed by atoms with Gasteiger partial charge in [0.25, 0.3) is 0 Å². The highest BCUT2D eigenvalue weighted by Gasteiger charge is 2.40. The van der Waals surface area contributed by atoms with Gasteiger partial charge in [-0.3, -0.25) is 18.7 Å². The Bertz CT molecular complexity index is 6150. The molecule has 6 N–H and O–H groups in total. The number of nitrogens with one attached hydrogen (secondary N) is 5. The Kier molecular flexibility index (Phi) is 28.0. The van der Waals surface area contributed by atoms with Crippen LogP contribution in [0, 0.1) is 29.3 Å². The van der Waals surface area contributed by atoms with Crippen molar-refractivity contribution in [2.75, 3.05) is 33.1 Å². The molecule has 10 heterocycles. The number of ether oxygens (including phenoxy) is 4. The summed E-state index contributed by atoms with van der Waals surface area (Å²) in [6, 6.07) is 44.5. The van der Waals surface area contributed by atoms with Gasteiger partial charge in [-0.05, 0) is 165 Å². The average molecular weight is 2000 g/mol. The Hall–Kier alpha value is -9.17. The zero-order chi connectivity index (χ0) is 81.4. The predicted molar refractivity (Wildman–Crippen MR) is 497 cm³/mol. The Morgan fingerprint density at radius 1 is 0.608 bits per heavy atom. The maximum Gasteiger partial charge on any atom is 0.407 e. The number of phenolic OH excluding ortho intramolecular Hbond substituents is 1. The minimum absolute atomic E-state index is 0. The molecule has 7 atom stereocenters. The number of halogens is 7. The summed E-state index contributed by atoms with van der Waals surface area (Å²) in [7, 11) is 4.15. The fraction of sp³-hybridized carbons (Fsp3) is 0.247. The van der Waals surface area contributed by atoms with Crippen molar-refractivity contribution >= 4 is 212 Å². The first kappa shape index (κ1) is 90.1. The van der Waals surface area contributed by atoms with Crippen molar-refractivity contribution in [3.63, 3.8) is 0 Å². The van der Waals surface area contributed by atoms with E-state index in [1.807, 2.05) is 159 Å². The van der Waals surface area contributed by atoms with Gasteiger partial charge >= 0.3 is 12.2 Å². The lowest BCUT2D eigenvalue weighted by Gasteiger charge is -2.30. The number of carbonyl (C=O) groups is 4. The smallest absolute Gasteiger partial charge is 0.407 e. The third-order valence-electron chi connectivity index (χ3n) is 21.2. The van der Waals surface area contributed by atoms with Crippen LogP contribution in [0.4, 0.5) is 28.4 Å². The van der Waals surface area contributed by atoms with Crippen molar-refractivity contribution in [3.8, 4) is 62.3 Å². The number of likely N-dealkylation sites (N-methyl/N-ethyl adjacent to an activating group) is 1. The minimum atomic E-state index is -0.824. The highest BCUT2D eigenvalue weighted by Crippen LogP contribution is 2.51. The van der Waals surface area contributed by atoms with Crippen LogP contribution in [0.3, 0.4) is 0 Å². The van der Waals surface area contributed by atoms with Crippen LogP contribution in [0.15, 0.2) is 182 Å². The number of amides is 4. The van der Waals surface area contributed by atoms with E-state index in [-0.39, 0.29) is 107 Å². The second kappa shape index (κ2) is 37.3. The molecule has 4 aliphatic rings. The molecule has 1 saturated heterocycles. The number of aromatic nitrogens is 8. The average Bonchev–Trinajstić information content (AvgIpc) is 1.56. The van der Waals surface area contributed by atoms with Crippen LogP contribution in [0.1, 0.15) is 111 Å². The molecule has 0 spiro atoms. The molecule has 35 heteroatoms. The second-order valence-corrected chi connectivity index (χ2v) is 35.1. The van der Waals surface area contributed by atoms with Crippen LogP contribution in [0.25, 0.3) is 87.3 Å². The monoisotopic (exact) mass is 1990 g/mol. The van der Waals surface area contributed by atoms with Crippen LogP contribution in [0.5, 0.6) is 17.2 Å². The van der Waals surface area contributed by atoms with E-state index in [0.717, 1.165) is 90.8 Å². The van der Waals surface area contributed by atoms with Crippen molar-refractivity contribution < 1.29 is 56.4 Å². The third kappa shape index (κ3) is 17.6. The summed E-state index contributed by atoms with van der Waals surface area (Å²) in [6.07, 6.45) is 2.92. The Labute approximate surface area is 757 Å². The molecular weight excluding hydrogens is 1920 g/mol. The molecule has 4 aliphatic heterocycles. The number of alkyl carbamates (subject to hydrolysis) is 2. The Morgan fingerprint density at radius 2 is 1.15 bits per heavy atom. The first-order valence-electron chi connectivity index (χ1n) is 37.2. The summed E-state index contributed by atoms with van der Waals surface area (Å²) < 4.78 is 77.8. The van der Waals surface area contributed by atoms with Crippen LogP contribution in [-0.2, 0) is 25.5 Å². The zero-order valence-electron chi connectivity index (χ0n) is 65.4. The molecule has 0 saturated carbocycles. The molecule has 0 aliphatic carbocycles.